The molecule has 0 saturated carbocycles. The summed E-state index contributed by atoms with van der Waals surface area (Å²) in [4.78, 5) is 4.63. The summed E-state index contributed by atoms with van der Waals surface area (Å²) in [5, 5.41) is 0. The molecule has 0 aliphatic rings. The van der Waals surface area contributed by atoms with Crippen molar-refractivity contribution in [1.82, 2.24) is 4.98 Å². The first kappa shape index (κ1) is 26.4. The molecular weight excluding hydrogens is 430 g/mol. The molecule has 0 aliphatic carbocycles. The summed E-state index contributed by atoms with van der Waals surface area (Å²) >= 11 is 0. The zero-order valence-corrected chi connectivity index (χ0v) is 21.3. The van der Waals surface area contributed by atoms with Gasteiger partial charge in [0.2, 0.25) is 0 Å². The van der Waals surface area contributed by atoms with Gasteiger partial charge in [-0.05, 0) is 73.6 Å². The van der Waals surface area contributed by atoms with Crippen molar-refractivity contribution >= 4 is 6.08 Å². The lowest BCUT2D eigenvalue weighted by Crippen LogP contribution is -2.08. The number of pyridine rings is 1. The molecule has 0 aliphatic heterocycles. The quantitative estimate of drug-likeness (QED) is 0.165. The number of allylic oxidation sites excluding steroid dienone is 1. The summed E-state index contributed by atoms with van der Waals surface area (Å²) < 4.78 is 11.4. The summed E-state index contributed by atoms with van der Waals surface area (Å²) in [6, 6.07) is 21.0. The summed E-state index contributed by atoms with van der Waals surface area (Å²) in [5.41, 5.74) is 5.62. The zero-order valence-electron chi connectivity index (χ0n) is 21.3. The van der Waals surface area contributed by atoms with Crippen LogP contribution in [0.5, 0.6) is 5.75 Å². The maximum atomic E-state index is 5.87. The lowest BCUT2D eigenvalue weighted by molar-refractivity contribution is 0.0566. The predicted molar refractivity (Wildman–Crippen MR) is 149 cm³/mol. The van der Waals surface area contributed by atoms with E-state index in [2.05, 4.69) is 86.1 Å². The molecule has 1 unspecified atom stereocenters. The van der Waals surface area contributed by atoms with Crippen LogP contribution in [0.25, 0.3) is 28.3 Å². The van der Waals surface area contributed by atoms with Gasteiger partial charge >= 0.3 is 0 Å². The van der Waals surface area contributed by atoms with Crippen molar-refractivity contribution < 1.29 is 9.47 Å². The second kappa shape index (κ2) is 15.0. The summed E-state index contributed by atoms with van der Waals surface area (Å²) in [5.74, 6) is 0.854. The molecule has 3 rings (SSSR count). The van der Waals surface area contributed by atoms with Crippen LogP contribution in [0.15, 0.2) is 85.6 Å². The van der Waals surface area contributed by atoms with E-state index in [-0.39, 0.29) is 0 Å². The number of aromatic nitrogens is 1. The first-order valence-corrected chi connectivity index (χ1v) is 12.9. The van der Waals surface area contributed by atoms with Crippen molar-refractivity contribution in [1.29, 1.82) is 0 Å². The number of ether oxygens (including phenoxy) is 2. The number of unbranched alkanes of at least 4 members (excludes halogenated alkanes) is 3. The van der Waals surface area contributed by atoms with Gasteiger partial charge in [-0.3, -0.25) is 4.98 Å². The standard InChI is InChI=1S/C32H39NO2/c1-4-6-10-24-34-26(3)11-8-7-9-12-31-20-17-30(25-33-31)29-15-13-27(14-16-29)28-18-21-32(22-19-28)35-23-5-2/h5,9,12-22,25-26H,2,4,6-8,10-11,23-24H2,1,3H3. The number of hydrogen-bond donors (Lipinski definition) is 0. The van der Waals surface area contributed by atoms with Crippen molar-refractivity contribution in [2.24, 2.45) is 0 Å². The fraction of sp³-hybridized carbons (Fsp3) is 0.344. The topological polar surface area (TPSA) is 31.4 Å². The molecule has 0 amide bonds. The maximum Gasteiger partial charge on any atom is 0.119 e. The van der Waals surface area contributed by atoms with Gasteiger partial charge in [-0.25, -0.2) is 0 Å². The van der Waals surface area contributed by atoms with Gasteiger partial charge in [0, 0.05) is 18.4 Å². The third-order valence-corrected chi connectivity index (χ3v) is 5.98. The third kappa shape index (κ3) is 9.18. The first-order valence-electron chi connectivity index (χ1n) is 12.9. The Bertz CT molecular complexity index is 1020. The predicted octanol–water partition coefficient (Wildman–Crippen LogP) is 8.76. The van der Waals surface area contributed by atoms with Gasteiger partial charge in [-0.15, -0.1) is 0 Å². The van der Waals surface area contributed by atoms with Crippen molar-refractivity contribution in [3.63, 3.8) is 0 Å². The molecule has 184 valence electrons. The fourth-order valence-corrected chi connectivity index (χ4v) is 3.88. The van der Waals surface area contributed by atoms with Crippen LogP contribution >= 0.6 is 0 Å². The highest BCUT2D eigenvalue weighted by Gasteiger charge is 2.03. The van der Waals surface area contributed by atoms with Crippen LogP contribution in [-0.4, -0.2) is 24.3 Å². The second-order valence-electron chi connectivity index (χ2n) is 8.89. The Morgan fingerprint density at radius 1 is 0.857 bits per heavy atom. The van der Waals surface area contributed by atoms with Crippen LogP contribution in [0.4, 0.5) is 0 Å². The monoisotopic (exact) mass is 469 g/mol. The van der Waals surface area contributed by atoms with E-state index in [0.717, 1.165) is 48.4 Å². The van der Waals surface area contributed by atoms with Crippen LogP contribution in [-0.2, 0) is 4.74 Å². The van der Waals surface area contributed by atoms with E-state index in [9.17, 15) is 0 Å². The Kier molecular flexibility index (Phi) is 11.3. The van der Waals surface area contributed by atoms with Gasteiger partial charge < -0.3 is 9.47 Å². The molecule has 0 fully saturated rings. The highest BCUT2D eigenvalue weighted by atomic mass is 16.5. The van der Waals surface area contributed by atoms with Crippen molar-refractivity contribution in [2.45, 2.75) is 58.5 Å². The maximum absolute atomic E-state index is 5.87. The smallest absolute Gasteiger partial charge is 0.119 e. The SMILES string of the molecule is C=CCOc1ccc(-c2ccc(-c3ccc(C=CCCCC(C)OCCCCC)nc3)cc2)cc1. The molecule has 2 aromatic carbocycles. The van der Waals surface area contributed by atoms with Crippen molar-refractivity contribution in [3.8, 4) is 28.0 Å². The molecule has 0 N–H and O–H groups in total. The van der Waals surface area contributed by atoms with Crippen LogP contribution in [0.3, 0.4) is 0 Å². The molecule has 3 heteroatoms. The zero-order chi connectivity index (χ0) is 24.7. The van der Waals surface area contributed by atoms with Crippen LogP contribution in [0, 0.1) is 0 Å². The van der Waals surface area contributed by atoms with E-state index in [0.29, 0.717) is 12.7 Å². The van der Waals surface area contributed by atoms with Gasteiger partial charge in [0.05, 0.1) is 11.8 Å². The molecule has 1 atom stereocenters. The molecule has 0 radical (unpaired) electrons. The van der Waals surface area contributed by atoms with Gasteiger partial charge in [0.25, 0.3) is 0 Å². The molecular formula is C32H39NO2. The van der Waals surface area contributed by atoms with E-state index in [4.69, 9.17) is 9.47 Å². The molecule has 35 heavy (non-hydrogen) atoms. The number of benzene rings is 2. The minimum Gasteiger partial charge on any atom is -0.490 e. The molecule has 1 aromatic heterocycles. The van der Waals surface area contributed by atoms with E-state index in [1.165, 1.54) is 30.4 Å². The summed E-state index contributed by atoms with van der Waals surface area (Å²) in [7, 11) is 0. The Hall–Kier alpha value is -3.17. The summed E-state index contributed by atoms with van der Waals surface area (Å²) in [6.45, 7) is 9.49. The molecule has 0 saturated heterocycles. The molecule has 0 spiro atoms. The number of hydrogen-bond acceptors (Lipinski definition) is 3. The molecule has 3 nitrogen and oxygen atoms in total. The molecule has 1 heterocycles. The Morgan fingerprint density at radius 2 is 1.51 bits per heavy atom. The largest absolute Gasteiger partial charge is 0.490 e. The van der Waals surface area contributed by atoms with E-state index in [1.807, 2.05) is 18.3 Å². The molecule has 0 bridgehead atoms. The second-order valence-corrected chi connectivity index (χ2v) is 8.89. The number of nitrogens with zero attached hydrogens (tertiary/aromatic N) is 1. The Labute approximate surface area is 211 Å². The number of rotatable bonds is 15. The van der Waals surface area contributed by atoms with Crippen LogP contribution < -0.4 is 4.74 Å². The van der Waals surface area contributed by atoms with E-state index < -0.39 is 0 Å². The third-order valence-electron chi connectivity index (χ3n) is 5.98. The van der Waals surface area contributed by atoms with Crippen LogP contribution in [0.1, 0.15) is 58.1 Å². The average Bonchev–Trinajstić information content (AvgIpc) is 2.90. The van der Waals surface area contributed by atoms with E-state index >= 15 is 0 Å². The minimum atomic E-state index is 0.347. The van der Waals surface area contributed by atoms with Gasteiger partial charge in [0.15, 0.2) is 0 Å². The van der Waals surface area contributed by atoms with Gasteiger partial charge in [-0.2, -0.15) is 0 Å². The first-order chi connectivity index (χ1) is 17.2. The van der Waals surface area contributed by atoms with Crippen molar-refractivity contribution in [3.05, 3.63) is 91.3 Å². The Morgan fingerprint density at radius 3 is 2.14 bits per heavy atom. The Balaban J connectivity index is 1.45. The van der Waals surface area contributed by atoms with Gasteiger partial charge in [0.1, 0.15) is 12.4 Å². The average molecular weight is 470 g/mol. The summed E-state index contributed by atoms with van der Waals surface area (Å²) in [6.07, 6.45) is 15.3. The minimum absolute atomic E-state index is 0.347. The van der Waals surface area contributed by atoms with E-state index in [1.54, 1.807) is 6.08 Å². The normalized spacial score (nSPS) is 12.1. The van der Waals surface area contributed by atoms with Crippen molar-refractivity contribution in [2.75, 3.05) is 13.2 Å². The lowest BCUT2D eigenvalue weighted by atomic mass is 10.0. The highest BCUT2D eigenvalue weighted by molar-refractivity contribution is 5.70. The van der Waals surface area contributed by atoms with Gasteiger partial charge in [-0.1, -0.05) is 81.0 Å². The lowest BCUT2D eigenvalue weighted by Gasteiger charge is -2.11. The van der Waals surface area contributed by atoms with Crippen LogP contribution in [0.2, 0.25) is 0 Å². The highest BCUT2D eigenvalue weighted by Crippen LogP contribution is 2.26. The molecule has 3 aromatic rings. The fourth-order valence-electron chi connectivity index (χ4n) is 3.88.